The second-order valence-corrected chi connectivity index (χ2v) is 18.8. The van der Waals surface area contributed by atoms with E-state index in [4.69, 9.17) is 22.0 Å². The van der Waals surface area contributed by atoms with Crippen LogP contribution >= 0.6 is 0 Å². The molecule has 0 aromatic rings. The van der Waals surface area contributed by atoms with Crippen molar-refractivity contribution in [2.45, 2.75) is 224 Å². The van der Waals surface area contributed by atoms with Crippen molar-refractivity contribution in [2.75, 3.05) is 46.7 Å². The van der Waals surface area contributed by atoms with E-state index >= 15 is 0 Å². The summed E-state index contributed by atoms with van der Waals surface area (Å²) < 4.78 is 29.6. The number of alkyl halides is 1. The van der Waals surface area contributed by atoms with Crippen molar-refractivity contribution in [3.05, 3.63) is 0 Å². The van der Waals surface area contributed by atoms with Crippen LogP contribution in [-0.2, 0) is 22.0 Å². The van der Waals surface area contributed by atoms with Crippen LogP contribution in [0.1, 0.15) is 208 Å². The number of hydrogen-bond donors (Lipinski definition) is 1. The van der Waals surface area contributed by atoms with E-state index in [0.717, 1.165) is 32.5 Å². The molecule has 0 saturated carbocycles. The number of ether oxygens (including phenoxy) is 4. The van der Waals surface area contributed by atoms with Crippen molar-refractivity contribution in [3.63, 3.8) is 0 Å². The average Bonchev–Trinajstić information content (AvgIpc) is 3.10. The topological polar surface area (TPSA) is 75.3 Å². The summed E-state index contributed by atoms with van der Waals surface area (Å²) in [7, 11) is 1.72. The first-order valence-electron chi connectivity index (χ1n) is 21.6. The third kappa shape index (κ3) is 37.9. The summed E-state index contributed by atoms with van der Waals surface area (Å²) in [4.78, 5) is 12.6. The minimum atomic E-state index is -0.535. The molecule has 8 heteroatoms. The van der Waals surface area contributed by atoms with Crippen molar-refractivity contribution in [1.29, 1.82) is 0 Å². The number of carbonyl (C=O) groups excluding carboxylic acids is 1. The van der Waals surface area contributed by atoms with E-state index < -0.39 is 21.6 Å². The fourth-order valence-corrected chi connectivity index (χ4v) is 7.76. The van der Waals surface area contributed by atoms with Gasteiger partial charge in [-0.2, -0.15) is 0 Å². The first kappa shape index (κ1) is 50.8. The summed E-state index contributed by atoms with van der Waals surface area (Å²) in [5, 5.41) is 2.99. The van der Waals surface area contributed by atoms with E-state index in [1.54, 1.807) is 7.11 Å². The summed E-state index contributed by atoms with van der Waals surface area (Å²) >= 11 is -0.535. The fourth-order valence-electron chi connectivity index (χ4n) is 5.89. The molecule has 0 rings (SSSR count). The normalized spacial score (nSPS) is 12.8. The predicted octanol–water partition coefficient (Wildman–Crippen LogP) is 9.52. The molecule has 0 aliphatic carbocycles. The van der Waals surface area contributed by atoms with E-state index in [9.17, 15) is 4.79 Å². The molecule has 0 heterocycles. The molecule has 7 nitrogen and oxygen atoms in total. The molecule has 0 fully saturated rings. The van der Waals surface area contributed by atoms with Crippen molar-refractivity contribution >= 4 is 6.09 Å². The molecular formula is C43H87INO6-. The predicted molar refractivity (Wildman–Crippen MR) is 212 cm³/mol. The van der Waals surface area contributed by atoms with Crippen molar-refractivity contribution in [2.24, 2.45) is 0 Å². The average molecular weight is 841 g/mol. The standard InChI is InChI=1S/C43H87INO6/c1-8-10-12-14-16-18-20-22-24-26-28-30-34-48-39-40(44-51-35-31-29-27-25-23-21-19-17-15-13-11-9-2)38-45-41(46)49-36-32-43(5,6)50-37-33-42(3,4)47-7/h40H,8-39H2,1-7H3,(H,45,46)/q-1. The number of carbonyl (C=O) groups is 1. The van der Waals surface area contributed by atoms with Crippen LogP contribution in [0.5, 0.6) is 0 Å². The molecule has 1 atom stereocenters. The number of amides is 1. The fraction of sp³-hybridized carbons (Fsp3) is 0.977. The van der Waals surface area contributed by atoms with Gasteiger partial charge >= 0.3 is 252 Å². The Morgan fingerprint density at radius 1 is 0.569 bits per heavy atom. The van der Waals surface area contributed by atoms with Crippen molar-refractivity contribution in [3.8, 4) is 0 Å². The minimum Gasteiger partial charge on any atom is -0.0654 e. The summed E-state index contributed by atoms with van der Waals surface area (Å²) in [6.07, 6.45) is 33.3. The van der Waals surface area contributed by atoms with Crippen LogP contribution in [0.4, 0.5) is 4.79 Å². The summed E-state index contributed by atoms with van der Waals surface area (Å²) in [5.74, 6) is 0. The Labute approximate surface area is 328 Å². The Morgan fingerprint density at radius 3 is 1.47 bits per heavy atom. The van der Waals surface area contributed by atoms with Gasteiger partial charge in [0.2, 0.25) is 0 Å². The molecule has 0 saturated heterocycles. The van der Waals surface area contributed by atoms with Gasteiger partial charge in [-0.15, -0.1) is 0 Å². The van der Waals surface area contributed by atoms with Gasteiger partial charge in [0, 0.05) is 7.11 Å². The molecule has 1 unspecified atom stereocenters. The molecule has 1 N–H and O–H groups in total. The van der Waals surface area contributed by atoms with Crippen LogP contribution in [0.3, 0.4) is 0 Å². The minimum absolute atomic E-state index is 0.210. The number of hydrogen-bond acceptors (Lipinski definition) is 6. The van der Waals surface area contributed by atoms with Gasteiger partial charge in [-0.05, 0) is 13.8 Å². The zero-order chi connectivity index (χ0) is 37.7. The molecular weight excluding hydrogens is 753 g/mol. The number of alkyl carbamates (subject to hydrolysis) is 1. The zero-order valence-corrected chi connectivity index (χ0v) is 37.2. The second kappa shape index (κ2) is 36.8. The van der Waals surface area contributed by atoms with Crippen LogP contribution in [0.2, 0.25) is 0 Å². The Morgan fingerprint density at radius 2 is 1.00 bits per heavy atom. The summed E-state index contributed by atoms with van der Waals surface area (Å²) in [6, 6.07) is 0. The molecule has 0 aliphatic heterocycles. The molecule has 0 spiro atoms. The van der Waals surface area contributed by atoms with Gasteiger partial charge in [-0.3, -0.25) is 0 Å². The molecule has 308 valence electrons. The first-order valence-corrected chi connectivity index (χ1v) is 23.7. The Hall–Kier alpha value is -0.160. The Balaban J connectivity index is 4.28. The third-order valence-corrected chi connectivity index (χ3v) is 12.2. The number of halogens is 1. The van der Waals surface area contributed by atoms with E-state index in [-0.39, 0.29) is 21.2 Å². The Bertz CT molecular complexity index is 705. The van der Waals surface area contributed by atoms with Crippen molar-refractivity contribution in [1.82, 2.24) is 5.32 Å². The van der Waals surface area contributed by atoms with Crippen LogP contribution < -0.4 is 26.9 Å². The third-order valence-electron chi connectivity index (χ3n) is 9.86. The smallest absolute Gasteiger partial charge is 0.0654 e. The molecule has 0 aromatic heterocycles. The molecule has 0 aliphatic rings. The van der Waals surface area contributed by atoms with Crippen LogP contribution in [-0.4, -0.2) is 67.9 Å². The van der Waals surface area contributed by atoms with Crippen LogP contribution in [0, 0.1) is 0 Å². The quantitative estimate of drug-likeness (QED) is 0.0377. The van der Waals surface area contributed by atoms with Gasteiger partial charge in [0.05, 0.1) is 0 Å². The van der Waals surface area contributed by atoms with Crippen LogP contribution in [0.15, 0.2) is 0 Å². The molecule has 1 amide bonds. The first-order chi connectivity index (χ1) is 24.7. The maximum atomic E-state index is 12.6. The van der Waals surface area contributed by atoms with E-state index in [0.29, 0.717) is 32.8 Å². The van der Waals surface area contributed by atoms with E-state index in [1.165, 1.54) is 141 Å². The summed E-state index contributed by atoms with van der Waals surface area (Å²) in [6.45, 7) is 16.5. The van der Waals surface area contributed by atoms with Crippen molar-refractivity contribution < 1.29 is 48.4 Å². The van der Waals surface area contributed by atoms with Gasteiger partial charge in [0.1, 0.15) is 0 Å². The second-order valence-electron chi connectivity index (χ2n) is 15.9. The maximum absolute atomic E-state index is 12.6. The number of rotatable bonds is 40. The molecule has 0 aromatic carbocycles. The molecule has 0 radical (unpaired) electrons. The summed E-state index contributed by atoms with van der Waals surface area (Å²) in [5.41, 5.74) is -0.583. The van der Waals surface area contributed by atoms with Crippen LogP contribution in [0.25, 0.3) is 0 Å². The Kier molecular flexibility index (Phi) is 36.7. The van der Waals surface area contributed by atoms with Gasteiger partial charge in [-0.25, -0.2) is 0 Å². The van der Waals surface area contributed by atoms with Gasteiger partial charge in [0.25, 0.3) is 0 Å². The van der Waals surface area contributed by atoms with E-state index in [2.05, 4.69) is 33.0 Å². The number of methoxy groups -OCH3 is 1. The van der Waals surface area contributed by atoms with Gasteiger partial charge in [0.15, 0.2) is 0 Å². The van der Waals surface area contributed by atoms with Gasteiger partial charge in [-0.1, -0.05) is 52.4 Å². The zero-order valence-electron chi connectivity index (χ0n) is 35.0. The molecule has 0 bridgehead atoms. The number of nitrogens with one attached hydrogen (secondary N) is 1. The SMILES string of the molecule is CCCCCCCCCCCCCCOCC(CNC(=O)OCCC(C)(C)OCCC(C)(C)OC)[I-]OCCCCCCCCCCCCCC. The number of unbranched alkanes of at least 4 members (excludes halogenated alkanes) is 22. The van der Waals surface area contributed by atoms with E-state index in [1.807, 2.05) is 13.8 Å². The monoisotopic (exact) mass is 841 g/mol. The molecule has 51 heavy (non-hydrogen) atoms. The van der Waals surface area contributed by atoms with Gasteiger partial charge < -0.3 is 4.74 Å².